The van der Waals surface area contributed by atoms with Crippen LogP contribution in [0.5, 0.6) is 0 Å². The maximum atomic E-state index is 13.1. The molecule has 1 aromatic rings. The van der Waals surface area contributed by atoms with Gasteiger partial charge < -0.3 is 4.90 Å². The van der Waals surface area contributed by atoms with Gasteiger partial charge in [-0.15, -0.1) is 0 Å². The van der Waals surface area contributed by atoms with Gasteiger partial charge in [-0.3, -0.25) is 9.79 Å². The topological polar surface area (TPSA) is 32.7 Å². The molecule has 1 fully saturated rings. The molecule has 2 atom stereocenters. The number of aliphatic imine (C=N–C) groups is 1. The van der Waals surface area contributed by atoms with E-state index in [1.165, 1.54) is 23.3 Å². The summed E-state index contributed by atoms with van der Waals surface area (Å²) in [6.07, 6.45) is 3.04. The Balaban J connectivity index is 1.75. The molecule has 0 saturated carbocycles. The van der Waals surface area contributed by atoms with Gasteiger partial charge in [0.25, 0.3) is 0 Å². The molecule has 108 valence electrons. The highest BCUT2D eigenvalue weighted by Gasteiger charge is 2.45. The number of carbonyl (C=O) groups excluding carboxylic acids is 1. The van der Waals surface area contributed by atoms with Crippen LogP contribution < -0.4 is 0 Å². The molecule has 0 spiro atoms. The van der Waals surface area contributed by atoms with E-state index in [1.807, 2.05) is 4.90 Å². The standard InChI is InChI=1S/C17H17FN2O/c1-10(21)20-14-6-7-15(20)16-12(8-14)9-19-17(16)11-2-4-13(18)5-3-11/h2-5,14-15H,6-9H2,1H3. The molecule has 4 rings (SSSR count). The summed E-state index contributed by atoms with van der Waals surface area (Å²) < 4.78 is 13.1. The number of rotatable bonds is 1. The lowest BCUT2D eigenvalue weighted by Gasteiger charge is -2.35. The van der Waals surface area contributed by atoms with Crippen LogP contribution in [0.4, 0.5) is 4.39 Å². The van der Waals surface area contributed by atoms with Crippen LogP contribution in [0.25, 0.3) is 0 Å². The van der Waals surface area contributed by atoms with Gasteiger partial charge in [-0.2, -0.15) is 0 Å². The lowest BCUT2D eigenvalue weighted by atomic mass is 9.89. The number of nitrogens with zero attached hydrogens (tertiary/aromatic N) is 2. The van der Waals surface area contributed by atoms with Crippen molar-refractivity contribution in [2.75, 3.05) is 6.54 Å². The van der Waals surface area contributed by atoms with Gasteiger partial charge in [-0.05, 0) is 49.1 Å². The average Bonchev–Trinajstić information content (AvgIpc) is 3.02. The van der Waals surface area contributed by atoms with Crippen molar-refractivity contribution < 1.29 is 9.18 Å². The number of benzene rings is 1. The number of halogens is 1. The second-order valence-corrected chi connectivity index (χ2v) is 6.07. The van der Waals surface area contributed by atoms with Gasteiger partial charge in [0.15, 0.2) is 0 Å². The Morgan fingerprint density at radius 3 is 2.76 bits per heavy atom. The van der Waals surface area contributed by atoms with Crippen LogP contribution in [0.15, 0.2) is 40.4 Å². The summed E-state index contributed by atoms with van der Waals surface area (Å²) in [6, 6.07) is 7.03. The minimum absolute atomic E-state index is 0.152. The zero-order valence-corrected chi connectivity index (χ0v) is 12.0. The van der Waals surface area contributed by atoms with Crippen molar-refractivity contribution in [3.8, 4) is 0 Å². The normalized spacial score (nSPS) is 27.0. The molecule has 0 aliphatic carbocycles. The summed E-state index contributed by atoms with van der Waals surface area (Å²) in [5.74, 6) is -0.0825. The van der Waals surface area contributed by atoms with Crippen molar-refractivity contribution in [1.29, 1.82) is 0 Å². The summed E-state index contributed by atoms with van der Waals surface area (Å²) in [7, 11) is 0. The molecule has 3 heterocycles. The molecular formula is C17H17FN2O. The SMILES string of the molecule is CC(=O)N1C2CCC1C1=C(CN=C1c1ccc(F)cc1)C2. The summed E-state index contributed by atoms with van der Waals surface area (Å²) in [5, 5.41) is 0. The first kappa shape index (κ1) is 12.7. The lowest BCUT2D eigenvalue weighted by molar-refractivity contribution is -0.131. The van der Waals surface area contributed by atoms with Crippen LogP contribution in [0.3, 0.4) is 0 Å². The van der Waals surface area contributed by atoms with Crippen molar-refractivity contribution >= 4 is 11.6 Å². The fourth-order valence-electron chi connectivity index (χ4n) is 4.06. The summed E-state index contributed by atoms with van der Waals surface area (Å²) in [6.45, 7) is 2.39. The van der Waals surface area contributed by atoms with E-state index in [4.69, 9.17) is 0 Å². The maximum absolute atomic E-state index is 13.1. The monoisotopic (exact) mass is 284 g/mol. The number of hydrogen-bond acceptors (Lipinski definition) is 2. The second-order valence-electron chi connectivity index (χ2n) is 6.07. The lowest BCUT2D eigenvalue weighted by Crippen LogP contribution is -2.45. The highest BCUT2D eigenvalue weighted by Crippen LogP contribution is 2.42. The molecule has 0 radical (unpaired) electrons. The number of hydrogen-bond donors (Lipinski definition) is 0. The fourth-order valence-corrected chi connectivity index (χ4v) is 4.06. The van der Waals surface area contributed by atoms with Gasteiger partial charge in [0.2, 0.25) is 5.91 Å². The second kappa shape index (κ2) is 4.52. The maximum Gasteiger partial charge on any atom is 0.220 e. The van der Waals surface area contributed by atoms with E-state index in [0.717, 1.165) is 37.1 Å². The van der Waals surface area contributed by atoms with Gasteiger partial charge in [-0.25, -0.2) is 4.39 Å². The van der Waals surface area contributed by atoms with Gasteiger partial charge in [0.05, 0.1) is 18.3 Å². The number of carbonyl (C=O) groups is 1. The molecule has 0 aromatic heterocycles. The smallest absolute Gasteiger partial charge is 0.220 e. The summed E-state index contributed by atoms with van der Waals surface area (Å²) in [5.41, 5.74) is 4.52. The van der Waals surface area contributed by atoms with Crippen molar-refractivity contribution in [3.63, 3.8) is 0 Å². The van der Waals surface area contributed by atoms with E-state index < -0.39 is 0 Å². The van der Waals surface area contributed by atoms with Crippen LogP contribution in [-0.2, 0) is 4.79 Å². The van der Waals surface area contributed by atoms with Crippen LogP contribution in [0, 0.1) is 5.82 Å². The van der Waals surface area contributed by atoms with E-state index in [1.54, 1.807) is 19.1 Å². The Morgan fingerprint density at radius 2 is 2.05 bits per heavy atom. The van der Waals surface area contributed by atoms with Crippen molar-refractivity contribution in [2.45, 2.75) is 38.3 Å². The minimum Gasteiger partial charge on any atom is -0.333 e. The molecule has 3 nitrogen and oxygen atoms in total. The number of fused-ring (bicyclic) bond motifs is 3. The zero-order valence-electron chi connectivity index (χ0n) is 12.0. The van der Waals surface area contributed by atoms with Crippen LogP contribution in [0.2, 0.25) is 0 Å². The van der Waals surface area contributed by atoms with E-state index in [9.17, 15) is 9.18 Å². The first-order chi connectivity index (χ1) is 10.1. The molecule has 1 amide bonds. The molecule has 1 saturated heterocycles. The van der Waals surface area contributed by atoms with E-state index in [-0.39, 0.29) is 17.8 Å². The molecule has 4 heteroatoms. The largest absolute Gasteiger partial charge is 0.333 e. The van der Waals surface area contributed by atoms with E-state index in [0.29, 0.717) is 6.04 Å². The predicted octanol–water partition coefficient (Wildman–Crippen LogP) is 2.71. The predicted molar refractivity (Wildman–Crippen MR) is 78.8 cm³/mol. The highest BCUT2D eigenvalue weighted by molar-refractivity contribution is 6.15. The molecule has 0 N–H and O–H groups in total. The molecule has 21 heavy (non-hydrogen) atoms. The van der Waals surface area contributed by atoms with Gasteiger partial charge in [-0.1, -0.05) is 0 Å². The molecule has 3 aliphatic rings. The van der Waals surface area contributed by atoms with Gasteiger partial charge in [0.1, 0.15) is 5.82 Å². The first-order valence-corrected chi connectivity index (χ1v) is 7.46. The Hall–Kier alpha value is -1.97. The van der Waals surface area contributed by atoms with E-state index in [2.05, 4.69) is 4.99 Å². The third-order valence-corrected chi connectivity index (χ3v) is 4.86. The Morgan fingerprint density at radius 1 is 1.29 bits per heavy atom. The minimum atomic E-state index is -0.235. The number of amides is 1. The molecule has 1 aromatic carbocycles. The van der Waals surface area contributed by atoms with Crippen LogP contribution in [-0.4, -0.2) is 35.1 Å². The van der Waals surface area contributed by atoms with E-state index >= 15 is 0 Å². The highest BCUT2D eigenvalue weighted by atomic mass is 19.1. The molecular weight excluding hydrogens is 267 g/mol. The zero-order chi connectivity index (χ0) is 14.6. The van der Waals surface area contributed by atoms with Crippen molar-refractivity contribution in [3.05, 3.63) is 46.8 Å². The quantitative estimate of drug-likeness (QED) is 0.780. The molecule has 3 aliphatic heterocycles. The Bertz CT molecular complexity index is 675. The third-order valence-electron chi connectivity index (χ3n) is 4.86. The average molecular weight is 284 g/mol. The first-order valence-electron chi connectivity index (χ1n) is 7.46. The Labute approximate surface area is 123 Å². The van der Waals surface area contributed by atoms with Crippen molar-refractivity contribution in [1.82, 2.24) is 4.90 Å². The summed E-state index contributed by atoms with van der Waals surface area (Å²) in [4.78, 5) is 18.7. The van der Waals surface area contributed by atoms with Gasteiger partial charge in [0, 0.05) is 24.1 Å². The van der Waals surface area contributed by atoms with Crippen LogP contribution in [0.1, 0.15) is 31.7 Å². The Kier molecular flexibility index (Phi) is 2.74. The van der Waals surface area contributed by atoms with Gasteiger partial charge >= 0.3 is 0 Å². The van der Waals surface area contributed by atoms with Crippen LogP contribution >= 0.6 is 0 Å². The molecule has 2 bridgehead atoms. The van der Waals surface area contributed by atoms with Crippen molar-refractivity contribution in [2.24, 2.45) is 4.99 Å². The fraction of sp³-hybridized carbons (Fsp3) is 0.412. The summed E-state index contributed by atoms with van der Waals surface area (Å²) >= 11 is 0. The molecule has 2 unspecified atom stereocenters. The third kappa shape index (κ3) is 1.85.